The highest BCUT2D eigenvalue weighted by molar-refractivity contribution is 5.58. The van der Waals surface area contributed by atoms with Gasteiger partial charge in [0, 0.05) is 32.2 Å². The van der Waals surface area contributed by atoms with Gasteiger partial charge in [0.05, 0.1) is 6.04 Å². The molecule has 0 aliphatic carbocycles. The van der Waals surface area contributed by atoms with Gasteiger partial charge in [0.25, 0.3) is 0 Å². The third kappa shape index (κ3) is 5.96. The lowest BCUT2D eigenvalue weighted by Gasteiger charge is -2.38. The number of hydrogen-bond donors (Lipinski definition) is 1. The van der Waals surface area contributed by atoms with Gasteiger partial charge in [-0.25, -0.2) is 4.39 Å². The van der Waals surface area contributed by atoms with Gasteiger partial charge in [0.1, 0.15) is 12.1 Å². The Balaban J connectivity index is 1.51. The lowest BCUT2D eigenvalue weighted by atomic mass is 10.1. The van der Waals surface area contributed by atoms with E-state index < -0.39 is 0 Å². The van der Waals surface area contributed by atoms with Gasteiger partial charge in [-0.2, -0.15) is 0 Å². The molecule has 1 aliphatic heterocycles. The maximum atomic E-state index is 13.1. The van der Waals surface area contributed by atoms with E-state index in [9.17, 15) is 9.18 Å². The number of carbonyl (C=O) groups excluding carboxylic acids is 1. The normalized spacial score (nSPS) is 20.7. The molecule has 144 valence electrons. The number of nitrogens with one attached hydrogen (secondary N) is 1. The maximum absolute atomic E-state index is 13.1. The van der Waals surface area contributed by atoms with Crippen LogP contribution in [0.1, 0.15) is 17.5 Å². The summed E-state index contributed by atoms with van der Waals surface area (Å²) < 4.78 is 13.1. The van der Waals surface area contributed by atoms with Crippen LogP contribution in [-0.2, 0) is 17.9 Å². The average Bonchev–Trinajstić information content (AvgIpc) is 2.69. The van der Waals surface area contributed by atoms with Gasteiger partial charge in [-0.3, -0.25) is 4.90 Å². The van der Waals surface area contributed by atoms with Gasteiger partial charge < -0.3 is 15.0 Å². The first-order valence-electron chi connectivity index (χ1n) is 9.53. The fourth-order valence-corrected chi connectivity index (χ4v) is 3.58. The first kappa shape index (κ1) is 19.7. The van der Waals surface area contributed by atoms with Crippen molar-refractivity contribution in [3.8, 4) is 0 Å². The fraction of sp³-hybridized carbons (Fsp3) is 0.409. The van der Waals surface area contributed by atoms with E-state index in [1.54, 1.807) is 12.1 Å². The first-order chi connectivity index (χ1) is 13.1. The lowest BCUT2D eigenvalue weighted by molar-refractivity contribution is -0.113. The van der Waals surface area contributed by atoms with E-state index >= 15 is 0 Å². The minimum Gasteiger partial charge on any atom is -0.311 e. The number of rotatable bonds is 8. The number of nitrogens with zero attached hydrogens (tertiary/aromatic N) is 2. The second-order valence-corrected chi connectivity index (χ2v) is 7.38. The molecule has 5 heteroatoms. The molecule has 2 unspecified atom stereocenters. The van der Waals surface area contributed by atoms with E-state index in [2.05, 4.69) is 46.4 Å². The zero-order chi connectivity index (χ0) is 19.1. The van der Waals surface area contributed by atoms with Gasteiger partial charge in [0.2, 0.25) is 0 Å². The highest BCUT2D eigenvalue weighted by Crippen LogP contribution is 2.14. The summed E-state index contributed by atoms with van der Waals surface area (Å²) >= 11 is 0. The Morgan fingerprint density at radius 1 is 1.15 bits per heavy atom. The highest BCUT2D eigenvalue weighted by atomic mass is 19.1. The molecule has 0 saturated carbocycles. The van der Waals surface area contributed by atoms with Crippen molar-refractivity contribution in [2.75, 3.05) is 26.7 Å². The fourth-order valence-electron chi connectivity index (χ4n) is 3.58. The molecule has 1 fully saturated rings. The van der Waals surface area contributed by atoms with Crippen LogP contribution < -0.4 is 5.32 Å². The lowest BCUT2D eigenvalue weighted by Crippen LogP contribution is -2.57. The van der Waals surface area contributed by atoms with E-state index in [1.165, 1.54) is 17.7 Å². The first-order valence-corrected chi connectivity index (χ1v) is 9.53. The Bertz CT molecular complexity index is 707. The van der Waals surface area contributed by atoms with Crippen molar-refractivity contribution in [2.45, 2.75) is 31.6 Å². The number of halogens is 1. The number of benzene rings is 2. The van der Waals surface area contributed by atoms with Crippen LogP contribution in [0.5, 0.6) is 0 Å². The van der Waals surface area contributed by atoms with Gasteiger partial charge >= 0.3 is 0 Å². The van der Waals surface area contributed by atoms with E-state index in [-0.39, 0.29) is 11.9 Å². The molecule has 1 saturated heterocycles. The minimum atomic E-state index is -0.231. The largest absolute Gasteiger partial charge is 0.311 e. The highest BCUT2D eigenvalue weighted by Gasteiger charge is 2.27. The third-order valence-electron chi connectivity index (χ3n) is 5.15. The van der Waals surface area contributed by atoms with Crippen molar-refractivity contribution in [3.05, 3.63) is 71.5 Å². The average molecular weight is 369 g/mol. The summed E-state index contributed by atoms with van der Waals surface area (Å²) in [4.78, 5) is 16.0. The Morgan fingerprint density at radius 3 is 2.59 bits per heavy atom. The molecule has 1 heterocycles. The van der Waals surface area contributed by atoms with Crippen molar-refractivity contribution < 1.29 is 9.18 Å². The van der Waals surface area contributed by atoms with Crippen LogP contribution in [0.15, 0.2) is 54.6 Å². The summed E-state index contributed by atoms with van der Waals surface area (Å²) in [5.74, 6) is -0.231. The number of piperazine rings is 1. The Labute approximate surface area is 161 Å². The van der Waals surface area contributed by atoms with E-state index in [4.69, 9.17) is 0 Å². The summed E-state index contributed by atoms with van der Waals surface area (Å²) in [7, 11) is 2.14. The zero-order valence-electron chi connectivity index (χ0n) is 15.9. The molecule has 0 bridgehead atoms. The van der Waals surface area contributed by atoms with Crippen LogP contribution in [0.4, 0.5) is 4.39 Å². The smallest absolute Gasteiger partial charge is 0.138 e. The molecule has 2 aromatic carbocycles. The maximum Gasteiger partial charge on any atom is 0.138 e. The predicted molar refractivity (Wildman–Crippen MR) is 106 cm³/mol. The van der Waals surface area contributed by atoms with Crippen molar-refractivity contribution >= 4 is 6.29 Å². The second kappa shape index (κ2) is 9.74. The van der Waals surface area contributed by atoms with Crippen molar-refractivity contribution in [1.29, 1.82) is 0 Å². The number of hydrogen-bond acceptors (Lipinski definition) is 4. The van der Waals surface area contributed by atoms with E-state index in [0.29, 0.717) is 19.1 Å². The summed E-state index contributed by atoms with van der Waals surface area (Å²) in [6.07, 6.45) is 2.03. The topological polar surface area (TPSA) is 35.6 Å². The van der Waals surface area contributed by atoms with Crippen molar-refractivity contribution in [3.63, 3.8) is 0 Å². The van der Waals surface area contributed by atoms with Gasteiger partial charge in [-0.05, 0) is 43.3 Å². The van der Waals surface area contributed by atoms with Crippen LogP contribution in [0.2, 0.25) is 0 Å². The van der Waals surface area contributed by atoms with E-state index in [0.717, 1.165) is 37.9 Å². The molecule has 1 N–H and O–H groups in total. The third-order valence-corrected chi connectivity index (χ3v) is 5.15. The monoisotopic (exact) mass is 369 g/mol. The van der Waals surface area contributed by atoms with Crippen LogP contribution in [0.3, 0.4) is 0 Å². The molecule has 3 rings (SSSR count). The van der Waals surface area contributed by atoms with Gasteiger partial charge in [-0.1, -0.05) is 42.5 Å². The Hall–Kier alpha value is -2.08. The van der Waals surface area contributed by atoms with E-state index in [1.807, 2.05) is 6.07 Å². The van der Waals surface area contributed by atoms with Crippen molar-refractivity contribution in [1.82, 2.24) is 15.1 Å². The Morgan fingerprint density at radius 2 is 1.89 bits per heavy atom. The molecule has 0 spiro atoms. The summed E-state index contributed by atoms with van der Waals surface area (Å²) in [6, 6.07) is 17.2. The molecular formula is C22H28FN3O. The van der Waals surface area contributed by atoms with Gasteiger partial charge in [0.15, 0.2) is 0 Å². The number of carbonyl (C=O) groups is 1. The zero-order valence-corrected chi connectivity index (χ0v) is 15.9. The van der Waals surface area contributed by atoms with Crippen LogP contribution >= 0.6 is 0 Å². The van der Waals surface area contributed by atoms with Crippen LogP contribution in [-0.4, -0.2) is 54.9 Å². The summed E-state index contributed by atoms with van der Waals surface area (Å²) in [5.41, 5.74) is 2.35. The molecule has 27 heavy (non-hydrogen) atoms. The van der Waals surface area contributed by atoms with Crippen molar-refractivity contribution in [2.24, 2.45) is 0 Å². The van der Waals surface area contributed by atoms with Crippen LogP contribution in [0, 0.1) is 5.82 Å². The molecule has 4 nitrogen and oxygen atoms in total. The standard InChI is InChI=1S/C22H28FN3O/c1-25(14-18-5-3-2-4-6-18)12-11-21-16-26(22(17-27)13-24-21)15-19-7-9-20(23)10-8-19/h2-10,17,21-22,24H,11-16H2,1H3. The molecule has 1 aliphatic rings. The molecule has 2 aromatic rings. The molecular weight excluding hydrogens is 341 g/mol. The molecule has 0 aromatic heterocycles. The predicted octanol–water partition coefficient (Wildman–Crippen LogP) is 2.69. The molecule has 2 atom stereocenters. The minimum absolute atomic E-state index is 0.131. The molecule has 0 amide bonds. The second-order valence-electron chi connectivity index (χ2n) is 7.38. The number of aldehydes is 1. The van der Waals surface area contributed by atoms with Crippen LogP contribution in [0.25, 0.3) is 0 Å². The quantitative estimate of drug-likeness (QED) is 0.726. The Kier molecular flexibility index (Phi) is 7.10. The van der Waals surface area contributed by atoms with Gasteiger partial charge in [-0.15, -0.1) is 0 Å². The SMILES string of the molecule is CN(CCC1CN(Cc2ccc(F)cc2)C(C=O)CN1)Cc1ccccc1. The summed E-state index contributed by atoms with van der Waals surface area (Å²) in [5, 5.41) is 3.50. The molecule has 0 radical (unpaired) electrons. The summed E-state index contributed by atoms with van der Waals surface area (Å²) in [6.45, 7) is 4.08.